The second-order valence-electron chi connectivity index (χ2n) is 24.5. The second kappa shape index (κ2) is 19.6. The summed E-state index contributed by atoms with van der Waals surface area (Å²) in [7, 11) is 0. The van der Waals surface area contributed by atoms with Crippen molar-refractivity contribution in [1.82, 2.24) is 8.80 Å². The lowest BCUT2D eigenvalue weighted by atomic mass is 9.84. The molecule has 4 aromatic heterocycles. The maximum absolute atomic E-state index is 2.60. The van der Waals surface area contributed by atoms with Crippen LogP contribution in [0.25, 0.3) is 98.4 Å². The Labute approximate surface area is 491 Å². The molecule has 0 amide bonds. The number of benzene rings is 11. The molecule has 0 unspecified atom stereocenters. The number of hydrogen-bond donors (Lipinski definition) is 0. The van der Waals surface area contributed by atoms with Crippen molar-refractivity contribution in [1.29, 1.82) is 0 Å². The molecule has 2 aliphatic rings. The molecule has 17 rings (SSSR count). The van der Waals surface area contributed by atoms with Gasteiger partial charge in [-0.1, -0.05) is 208 Å². The molecule has 4 nitrogen and oxygen atoms in total. The van der Waals surface area contributed by atoms with E-state index in [1.165, 1.54) is 219 Å². The van der Waals surface area contributed by atoms with Crippen molar-refractivity contribution in [3.05, 3.63) is 253 Å². The highest BCUT2D eigenvalue weighted by atomic mass is 15.2. The maximum Gasteiger partial charge on any atom is 0.0641 e. The normalized spacial score (nSPS) is 14.7. The van der Waals surface area contributed by atoms with E-state index < -0.39 is 0 Å². The zero-order valence-electron chi connectivity index (χ0n) is 48.0. The molecule has 0 bridgehead atoms. The van der Waals surface area contributed by atoms with E-state index in [9.17, 15) is 0 Å². The van der Waals surface area contributed by atoms with Gasteiger partial charge in [-0.3, -0.25) is 0 Å². The highest BCUT2D eigenvalue weighted by Crippen LogP contribution is 2.54. The summed E-state index contributed by atoms with van der Waals surface area (Å²) in [6.45, 7) is 4.57. The third-order valence-electron chi connectivity index (χ3n) is 19.8. The summed E-state index contributed by atoms with van der Waals surface area (Å²) in [5.74, 6) is 1.25. The molecule has 2 fully saturated rings. The Bertz CT molecular complexity index is 4660. The molecular formula is C80H66N4. The number of nitrogens with zero attached hydrogens (tertiary/aromatic N) is 4. The van der Waals surface area contributed by atoms with Crippen LogP contribution in [0.1, 0.15) is 98.3 Å². The van der Waals surface area contributed by atoms with Crippen LogP contribution >= 0.6 is 0 Å². The number of para-hydroxylation sites is 4. The summed E-state index contributed by atoms with van der Waals surface area (Å²) in [6.07, 6.45) is 13.1. The summed E-state index contributed by atoms with van der Waals surface area (Å²) in [5, 5.41) is 10.1. The summed E-state index contributed by atoms with van der Waals surface area (Å²) >= 11 is 0. The predicted molar refractivity (Wildman–Crippen MR) is 357 cm³/mol. The van der Waals surface area contributed by atoms with Gasteiger partial charge in [-0.15, -0.1) is 0 Å². The smallest absolute Gasteiger partial charge is 0.0641 e. The van der Waals surface area contributed by atoms with Gasteiger partial charge in [0.25, 0.3) is 0 Å². The average Bonchev–Trinajstić information content (AvgIpc) is 1.68. The molecule has 11 aromatic carbocycles. The molecule has 0 atom stereocenters. The minimum absolute atomic E-state index is 0.627. The fourth-order valence-electron chi connectivity index (χ4n) is 15.9. The van der Waals surface area contributed by atoms with E-state index >= 15 is 0 Å². The highest BCUT2D eigenvalue weighted by Gasteiger charge is 2.31. The zero-order valence-corrected chi connectivity index (χ0v) is 48.0. The van der Waals surface area contributed by atoms with Gasteiger partial charge in [0.2, 0.25) is 0 Å². The lowest BCUT2D eigenvalue weighted by Gasteiger charge is -2.31. The molecule has 15 aromatic rings. The first-order valence-corrected chi connectivity index (χ1v) is 31.0. The van der Waals surface area contributed by atoms with E-state index in [0.717, 1.165) is 0 Å². The number of aromatic nitrogens is 2. The highest BCUT2D eigenvalue weighted by molar-refractivity contribution is 6.32. The largest absolute Gasteiger partial charge is 0.309 e. The van der Waals surface area contributed by atoms with Gasteiger partial charge in [-0.05, 0) is 145 Å². The Morgan fingerprint density at radius 1 is 0.321 bits per heavy atom. The Hall–Kier alpha value is -9.38. The molecule has 4 heterocycles. The van der Waals surface area contributed by atoms with E-state index in [2.05, 4.69) is 263 Å². The molecule has 4 heteroatoms. The number of rotatable bonds is 10. The molecule has 406 valence electrons. The van der Waals surface area contributed by atoms with Gasteiger partial charge < -0.3 is 18.6 Å². The van der Waals surface area contributed by atoms with Crippen LogP contribution in [0.2, 0.25) is 0 Å². The molecule has 2 aliphatic carbocycles. The van der Waals surface area contributed by atoms with Crippen LogP contribution in [0.3, 0.4) is 0 Å². The van der Waals surface area contributed by atoms with Crippen molar-refractivity contribution >= 4 is 110 Å². The van der Waals surface area contributed by atoms with Gasteiger partial charge in [0.15, 0.2) is 0 Å². The topological polar surface area (TPSA) is 15.3 Å². The van der Waals surface area contributed by atoms with Crippen LogP contribution in [0.15, 0.2) is 231 Å². The van der Waals surface area contributed by atoms with Gasteiger partial charge in [0.1, 0.15) is 0 Å². The third-order valence-corrected chi connectivity index (χ3v) is 19.8. The SMILES string of the molecule is Cc1cccc(-c2ccccc2)c1N(c1ccc(C2CCCCC2)cc1)c1ccc2c3cc4c(cc3n3c5ccccc5c1c23)c1ccc(N(c2ccc(C3CCCCC3)cc2)c2c(C)cccc2-c2ccccc2)c2c3ccccc3n4c12. The fourth-order valence-corrected chi connectivity index (χ4v) is 15.9. The molecule has 0 aliphatic heterocycles. The van der Waals surface area contributed by atoms with Crippen LogP contribution in [0.4, 0.5) is 34.1 Å². The van der Waals surface area contributed by atoms with Gasteiger partial charge in [0, 0.05) is 65.6 Å². The van der Waals surface area contributed by atoms with Crippen molar-refractivity contribution in [3.8, 4) is 22.3 Å². The van der Waals surface area contributed by atoms with Crippen LogP contribution in [0.5, 0.6) is 0 Å². The number of fused-ring (bicyclic) bond motifs is 12. The third kappa shape index (κ3) is 7.52. The van der Waals surface area contributed by atoms with E-state index in [1.54, 1.807) is 0 Å². The van der Waals surface area contributed by atoms with Crippen LogP contribution in [-0.2, 0) is 0 Å². The zero-order chi connectivity index (χ0) is 55.6. The van der Waals surface area contributed by atoms with E-state index in [-0.39, 0.29) is 0 Å². The van der Waals surface area contributed by atoms with Gasteiger partial charge in [-0.25, -0.2) is 0 Å². The minimum Gasteiger partial charge on any atom is -0.309 e. The second-order valence-corrected chi connectivity index (χ2v) is 24.5. The monoisotopic (exact) mass is 1080 g/mol. The standard InChI is InChI=1S/C80H66N4/c1-51-21-19-33-61(57-27-11-5-12-28-57)77(51)81(59-41-37-55(38-42-59)53-23-7-3-8-24-53)71-47-45-63-67-49-74-68(50-73(67)83-69-35-17-15-31-65(69)75(71)79(63)83)64-46-48-72(76-66-32-16-18-36-70(66)84(74)80(64)76)82(60-43-39-56(40-44-60)54-25-9-4-10-26-54)78-52(2)22-20-34-62(78)58-29-13-6-14-30-58/h5-6,11-22,27-50,53-54H,3-4,7-10,23-26H2,1-2H3. The molecule has 84 heavy (non-hydrogen) atoms. The molecular weight excluding hydrogens is 1020 g/mol. The lowest BCUT2D eigenvalue weighted by molar-refractivity contribution is 0.443. The van der Waals surface area contributed by atoms with Gasteiger partial charge >= 0.3 is 0 Å². The number of hydrogen-bond acceptors (Lipinski definition) is 2. The Kier molecular flexibility index (Phi) is 11.5. The fraction of sp³-hybridized carbons (Fsp3) is 0.175. The van der Waals surface area contributed by atoms with Crippen LogP contribution in [0, 0.1) is 13.8 Å². The van der Waals surface area contributed by atoms with Crippen LogP contribution in [-0.4, -0.2) is 8.80 Å². The van der Waals surface area contributed by atoms with Crippen molar-refractivity contribution in [2.24, 2.45) is 0 Å². The summed E-state index contributed by atoms with van der Waals surface area (Å²) < 4.78 is 5.19. The first-order valence-electron chi connectivity index (χ1n) is 31.0. The summed E-state index contributed by atoms with van der Waals surface area (Å²) in [4.78, 5) is 5.18. The quantitative estimate of drug-likeness (QED) is 0.136. The van der Waals surface area contributed by atoms with Crippen LogP contribution < -0.4 is 9.80 Å². The maximum atomic E-state index is 2.60. The average molecular weight is 1080 g/mol. The van der Waals surface area contributed by atoms with Gasteiger partial charge in [0.05, 0.1) is 55.8 Å². The molecule has 0 N–H and O–H groups in total. The lowest BCUT2D eigenvalue weighted by Crippen LogP contribution is -2.13. The van der Waals surface area contributed by atoms with Gasteiger partial charge in [-0.2, -0.15) is 0 Å². The van der Waals surface area contributed by atoms with Crippen molar-refractivity contribution in [2.75, 3.05) is 9.80 Å². The van der Waals surface area contributed by atoms with E-state index in [1.807, 2.05) is 0 Å². The Morgan fingerprint density at radius 3 is 1.13 bits per heavy atom. The summed E-state index contributed by atoms with van der Waals surface area (Å²) in [6, 6.07) is 88.0. The predicted octanol–water partition coefficient (Wildman–Crippen LogP) is 23.0. The number of anilines is 6. The summed E-state index contributed by atoms with van der Waals surface area (Å²) in [5.41, 5.74) is 24.9. The first-order chi connectivity index (χ1) is 41.6. The first kappa shape index (κ1) is 49.2. The van der Waals surface area contributed by atoms with E-state index in [4.69, 9.17) is 0 Å². The molecule has 0 radical (unpaired) electrons. The number of aryl methyl sites for hydroxylation is 2. The Balaban J connectivity index is 0.907. The Morgan fingerprint density at radius 2 is 0.714 bits per heavy atom. The molecule has 0 spiro atoms. The van der Waals surface area contributed by atoms with Crippen molar-refractivity contribution in [2.45, 2.75) is 89.9 Å². The molecule has 2 saturated carbocycles. The van der Waals surface area contributed by atoms with E-state index in [0.29, 0.717) is 11.8 Å². The minimum atomic E-state index is 0.627. The van der Waals surface area contributed by atoms with Crippen molar-refractivity contribution < 1.29 is 0 Å². The van der Waals surface area contributed by atoms with Crippen molar-refractivity contribution in [3.63, 3.8) is 0 Å². The molecule has 0 saturated heterocycles.